The minimum Gasteiger partial charge on any atom is -0.439 e. The Morgan fingerprint density at radius 1 is 1.20 bits per heavy atom. The van der Waals surface area contributed by atoms with Crippen molar-refractivity contribution in [1.29, 1.82) is 0 Å². The maximum absolute atomic E-state index is 13.0. The van der Waals surface area contributed by atoms with E-state index < -0.39 is 0 Å². The highest BCUT2D eigenvalue weighted by Crippen LogP contribution is 2.20. The quantitative estimate of drug-likeness (QED) is 0.397. The number of nitrogens with one attached hydrogen (secondary N) is 2. The summed E-state index contributed by atoms with van der Waals surface area (Å²) >= 11 is 1.65. The van der Waals surface area contributed by atoms with E-state index in [-0.39, 0.29) is 5.82 Å². The number of aromatic nitrogens is 2. The van der Waals surface area contributed by atoms with Crippen LogP contribution in [0.25, 0.3) is 0 Å². The first-order valence-corrected chi connectivity index (χ1v) is 10.8. The van der Waals surface area contributed by atoms with Crippen LogP contribution < -0.4 is 15.4 Å². The summed E-state index contributed by atoms with van der Waals surface area (Å²) in [7, 11) is 0. The summed E-state index contributed by atoms with van der Waals surface area (Å²) in [6, 6.07) is 9.55. The minimum absolute atomic E-state index is 0.306. The smallest absolute Gasteiger partial charge is 0.219 e. The van der Waals surface area contributed by atoms with Gasteiger partial charge in [0, 0.05) is 24.2 Å². The van der Waals surface area contributed by atoms with Crippen molar-refractivity contribution in [2.45, 2.75) is 39.8 Å². The van der Waals surface area contributed by atoms with E-state index in [1.165, 1.54) is 12.1 Å². The largest absolute Gasteiger partial charge is 0.439 e. The summed E-state index contributed by atoms with van der Waals surface area (Å²) in [4.78, 5) is 13.5. The molecule has 0 saturated carbocycles. The standard InChI is InChI=1S/C22H26FN5OS/c1-4-24-22(27-13-21-28-19(14-30-21)15(2)3)26-12-16-9-10-25-20(11-16)29-18-7-5-17(23)6-8-18/h5-11,14-15H,4,12-13H2,1-3H3,(H2,24,26,27). The molecule has 2 heterocycles. The van der Waals surface area contributed by atoms with E-state index in [9.17, 15) is 4.39 Å². The van der Waals surface area contributed by atoms with Gasteiger partial charge < -0.3 is 15.4 Å². The molecule has 2 aromatic heterocycles. The Labute approximate surface area is 180 Å². The number of halogens is 1. The first-order valence-electron chi connectivity index (χ1n) is 9.88. The third-order valence-electron chi connectivity index (χ3n) is 4.17. The lowest BCUT2D eigenvalue weighted by Crippen LogP contribution is -2.36. The predicted molar refractivity (Wildman–Crippen MR) is 119 cm³/mol. The molecule has 2 N–H and O–H groups in total. The van der Waals surface area contributed by atoms with E-state index in [1.54, 1.807) is 29.7 Å². The molecule has 0 amide bonds. The Morgan fingerprint density at radius 2 is 2.00 bits per heavy atom. The molecule has 0 unspecified atom stereocenters. The normalized spacial score (nSPS) is 11.6. The van der Waals surface area contributed by atoms with Gasteiger partial charge in [0.2, 0.25) is 5.88 Å². The molecule has 0 fully saturated rings. The molecule has 0 spiro atoms. The Kier molecular flexibility index (Phi) is 7.73. The maximum Gasteiger partial charge on any atom is 0.219 e. The summed E-state index contributed by atoms with van der Waals surface area (Å²) in [5, 5.41) is 9.70. The van der Waals surface area contributed by atoms with Gasteiger partial charge in [-0.1, -0.05) is 13.8 Å². The van der Waals surface area contributed by atoms with Crippen LogP contribution in [-0.4, -0.2) is 22.5 Å². The first kappa shape index (κ1) is 21.7. The first-order chi connectivity index (χ1) is 14.5. The van der Waals surface area contributed by atoms with Crippen LogP contribution in [0.1, 0.15) is 43.0 Å². The second-order valence-electron chi connectivity index (χ2n) is 6.93. The maximum atomic E-state index is 13.0. The highest BCUT2D eigenvalue weighted by Gasteiger charge is 2.07. The van der Waals surface area contributed by atoms with Crippen LogP contribution in [0.4, 0.5) is 4.39 Å². The highest BCUT2D eigenvalue weighted by atomic mass is 32.1. The Bertz CT molecular complexity index is 972. The van der Waals surface area contributed by atoms with Gasteiger partial charge in [0.25, 0.3) is 0 Å². The topological polar surface area (TPSA) is 71.4 Å². The van der Waals surface area contributed by atoms with Crippen LogP contribution in [0, 0.1) is 5.82 Å². The fraction of sp³-hybridized carbons (Fsp3) is 0.318. The molecule has 3 rings (SSSR count). The molecule has 0 aliphatic carbocycles. The SMILES string of the molecule is CCNC(=NCc1ccnc(Oc2ccc(F)cc2)c1)NCc1nc(C(C)C)cs1. The fourth-order valence-electron chi connectivity index (χ4n) is 2.57. The van der Waals surface area contributed by atoms with Gasteiger partial charge in [-0.05, 0) is 48.7 Å². The van der Waals surface area contributed by atoms with Gasteiger partial charge in [0.05, 0.1) is 18.8 Å². The number of hydrogen-bond donors (Lipinski definition) is 2. The van der Waals surface area contributed by atoms with Gasteiger partial charge >= 0.3 is 0 Å². The number of guanidine groups is 1. The van der Waals surface area contributed by atoms with Crippen LogP contribution in [0.3, 0.4) is 0 Å². The average Bonchev–Trinajstić information content (AvgIpc) is 3.22. The zero-order chi connectivity index (χ0) is 21.3. The summed E-state index contributed by atoms with van der Waals surface area (Å²) in [5.74, 6) is 1.81. The average molecular weight is 428 g/mol. The number of pyridine rings is 1. The number of rotatable bonds is 8. The van der Waals surface area contributed by atoms with Gasteiger partial charge in [-0.15, -0.1) is 11.3 Å². The van der Waals surface area contributed by atoms with E-state index in [4.69, 9.17) is 4.74 Å². The molecule has 0 saturated heterocycles. The van der Waals surface area contributed by atoms with Crippen molar-refractivity contribution >= 4 is 17.3 Å². The molecule has 0 aliphatic heterocycles. The summed E-state index contributed by atoms with van der Waals surface area (Å²) in [6.07, 6.45) is 1.67. The van der Waals surface area contributed by atoms with Gasteiger partial charge in [0.15, 0.2) is 5.96 Å². The van der Waals surface area contributed by atoms with E-state index >= 15 is 0 Å². The molecular weight excluding hydrogens is 401 g/mol. The molecule has 6 nitrogen and oxygen atoms in total. The summed E-state index contributed by atoms with van der Waals surface area (Å²) in [6.45, 7) is 8.15. The second-order valence-corrected chi connectivity index (χ2v) is 7.87. The van der Waals surface area contributed by atoms with Crippen molar-refractivity contribution < 1.29 is 9.13 Å². The van der Waals surface area contributed by atoms with Gasteiger partial charge in [-0.25, -0.2) is 19.4 Å². The van der Waals surface area contributed by atoms with Crippen molar-refractivity contribution in [3.8, 4) is 11.6 Å². The van der Waals surface area contributed by atoms with Crippen LogP contribution in [0.5, 0.6) is 11.6 Å². The van der Waals surface area contributed by atoms with Gasteiger partial charge in [-0.3, -0.25) is 0 Å². The second kappa shape index (κ2) is 10.7. The van der Waals surface area contributed by atoms with Gasteiger partial charge in [-0.2, -0.15) is 0 Å². The summed E-state index contributed by atoms with van der Waals surface area (Å²) in [5.41, 5.74) is 2.07. The Hall–Kier alpha value is -3.00. The number of nitrogens with zero attached hydrogens (tertiary/aromatic N) is 3. The molecule has 0 radical (unpaired) electrons. The third kappa shape index (κ3) is 6.52. The molecule has 30 heavy (non-hydrogen) atoms. The van der Waals surface area contributed by atoms with E-state index in [0.717, 1.165) is 28.8 Å². The third-order valence-corrected chi connectivity index (χ3v) is 5.03. The molecule has 8 heteroatoms. The van der Waals surface area contributed by atoms with Crippen LogP contribution >= 0.6 is 11.3 Å². The minimum atomic E-state index is -0.306. The van der Waals surface area contributed by atoms with Crippen molar-refractivity contribution in [3.63, 3.8) is 0 Å². The van der Waals surface area contributed by atoms with Crippen molar-refractivity contribution in [2.24, 2.45) is 4.99 Å². The number of thiazole rings is 1. The number of aliphatic imine (C=N–C) groups is 1. The van der Waals surface area contributed by atoms with E-state index in [0.29, 0.717) is 30.6 Å². The fourth-order valence-corrected chi connectivity index (χ4v) is 3.47. The van der Waals surface area contributed by atoms with E-state index in [2.05, 4.69) is 44.8 Å². The van der Waals surface area contributed by atoms with E-state index in [1.807, 2.05) is 19.1 Å². The van der Waals surface area contributed by atoms with Crippen molar-refractivity contribution in [1.82, 2.24) is 20.6 Å². The highest BCUT2D eigenvalue weighted by molar-refractivity contribution is 7.09. The molecular formula is C22H26FN5OS. The Balaban J connectivity index is 1.61. The molecule has 0 bridgehead atoms. The number of ether oxygens (including phenoxy) is 1. The van der Waals surface area contributed by atoms with Crippen molar-refractivity contribution in [3.05, 3.63) is 70.1 Å². The zero-order valence-electron chi connectivity index (χ0n) is 17.4. The monoisotopic (exact) mass is 427 g/mol. The molecule has 0 aliphatic rings. The Morgan fingerprint density at radius 3 is 2.70 bits per heavy atom. The molecule has 3 aromatic rings. The lowest BCUT2D eigenvalue weighted by atomic mass is 10.2. The molecule has 1 aromatic carbocycles. The zero-order valence-corrected chi connectivity index (χ0v) is 18.2. The predicted octanol–water partition coefficient (Wildman–Crippen LogP) is 4.85. The van der Waals surface area contributed by atoms with Crippen molar-refractivity contribution in [2.75, 3.05) is 6.54 Å². The lowest BCUT2D eigenvalue weighted by Gasteiger charge is -2.10. The molecule has 158 valence electrons. The van der Waals surface area contributed by atoms with Gasteiger partial charge in [0.1, 0.15) is 16.6 Å². The number of benzene rings is 1. The van der Waals surface area contributed by atoms with Crippen LogP contribution in [-0.2, 0) is 13.1 Å². The number of hydrogen-bond acceptors (Lipinski definition) is 5. The van der Waals surface area contributed by atoms with Crippen LogP contribution in [0.2, 0.25) is 0 Å². The van der Waals surface area contributed by atoms with Crippen LogP contribution in [0.15, 0.2) is 53.0 Å². The molecule has 0 atom stereocenters. The summed E-state index contributed by atoms with van der Waals surface area (Å²) < 4.78 is 18.7. The lowest BCUT2D eigenvalue weighted by molar-refractivity contribution is 0.460.